The molecule has 16 heavy (non-hydrogen) atoms. The van der Waals surface area contributed by atoms with E-state index in [0.29, 0.717) is 17.1 Å². The Kier molecular flexibility index (Phi) is 1.96. The molecular weight excluding hydrogens is 205 g/mol. The highest BCUT2D eigenvalue weighted by Gasteiger charge is 2.11. The molecule has 1 aliphatic rings. The highest BCUT2D eigenvalue weighted by atomic mass is 19.1. The molecule has 0 bridgehead atoms. The molecule has 0 fully saturated rings. The third-order valence-corrected chi connectivity index (χ3v) is 2.40. The van der Waals surface area contributed by atoms with E-state index in [1.165, 1.54) is 12.1 Å². The Bertz CT molecular complexity index is 578. The van der Waals surface area contributed by atoms with E-state index in [2.05, 4.69) is 4.99 Å². The van der Waals surface area contributed by atoms with Crippen molar-refractivity contribution < 1.29 is 9.13 Å². The van der Waals surface area contributed by atoms with Gasteiger partial charge in [-0.1, -0.05) is 12.1 Å². The number of halogens is 1. The molecule has 0 amide bonds. The maximum atomic E-state index is 13.0. The summed E-state index contributed by atoms with van der Waals surface area (Å²) < 4.78 is 18.7. The van der Waals surface area contributed by atoms with Gasteiger partial charge in [0, 0.05) is 11.8 Å². The molecule has 1 aliphatic heterocycles. The molecule has 78 valence electrons. The summed E-state index contributed by atoms with van der Waals surface area (Å²) >= 11 is 0. The van der Waals surface area contributed by atoms with Crippen LogP contribution in [0.1, 0.15) is 5.56 Å². The van der Waals surface area contributed by atoms with Crippen molar-refractivity contribution in [1.29, 1.82) is 0 Å². The van der Waals surface area contributed by atoms with Gasteiger partial charge >= 0.3 is 0 Å². The fourth-order valence-electron chi connectivity index (χ4n) is 1.62. The average molecular weight is 213 g/mol. The van der Waals surface area contributed by atoms with Crippen LogP contribution in [-0.2, 0) is 0 Å². The van der Waals surface area contributed by atoms with Crippen LogP contribution in [-0.4, -0.2) is 6.21 Å². The molecule has 0 aliphatic carbocycles. The summed E-state index contributed by atoms with van der Waals surface area (Å²) in [6.45, 7) is 0. The van der Waals surface area contributed by atoms with Crippen molar-refractivity contribution >= 4 is 11.9 Å². The number of ether oxygens (including phenoxy) is 1. The van der Waals surface area contributed by atoms with Crippen molar-refractivity contribution in [3.8, 4) is 11.5 Å². The Labute approximate surface area is 92.0 Å². The summed E-state index contributed by atoms with van der Waals surface area (Å²) in [7, 11) is 0. The van der Waals surface area contributed by atoms with Gasteiger partial charge in [0.15, 0.2) is 5.75 Å². The van der Waals surface area contributed by atoms with Crippen LogP contribution >= 0.6 is 0 Å². The normalized spacial score (nSPS) is 12.3. The van der Waals surface area contributed by atoms with E-state index in [9.17, 15) is 4.39 Å². The number of rotatable bonds is 0. The minimum atomic E-state index is -0.292. The summed E-state index contributed by atoms with van der Waals surface area (Å²) in [5, 5.41) is 0. The van der Waals surface area contributed by atoms with Crippen LogP contribution in [0.3, 0.4) is 0 Å². The van der Waals surface area contributed by atoms with Gasteiger partial charge in [0.1, 0.15) is 17.3 Å². The van der Waals surface area contributed by atoms with Crippen LogP contribution in [0.5, 0.6) is 11.5 Å². The Balaban J connectivity index is 2.17. The van der Waals surface area contributed by atoms with Crippen molar-refractivity contribution in [2.45, 2.75) is 0 Å². The van der Waals surface area contributed by atoms with Gasteiger partial charge in [0.25, 0.3) is 0 Å². The van der Waals surface area contributed by atoms with E-state index in [0.717, 1.165) is 5.69 Å². The zero-order valence-electron chi connectivity index (χ0n) is 8.35. The largest absolute Gasteiger partial charge is 0.454 e. The standard InChI is InChI=1S/C13H8FNO/c14-10-5-6-12-9(7-10)8-15-11-3-1-2-4-13(11)16-12/h1-8H. The minimum Gasteiger partial charge on any atom is -0.454 e. The fraction of sp³-hybridized carbons (Fsp3) is 0. The van der Waals surface area contributed by atoms with Crippen LogP contribution in [0.25, 0.3) is 0 Å². The fourth-order valence-corrected chi connectivity index (χ4v) is 1.62. The van der Waals surface area contributed by atoms with Crippen LogP contribution in [0.2, 0.25) is 0 Å². The molecule has 0 N–H and O–H groups in total. The quantitative estimate of drug-likeness (QED) is 0.558. The Morgan fingerprint density at radius 3 is 2.81 bits per heavy atom. The summed E-state index contributed by atoms with van der Waals surface area (Å²) in [6.07, 6.45) is 1.62. The number of fused-ring (bicyclic) bond motifs is 2. The van der Waals surface area contributed by atoms with Crippen molar-refractivity contribution in [1.82, 2.24) is 0 Å². The molecule has 3 rings (SSSR count). The zero-order chi connectivity index (χ0) is 11.0. The lowest BCUT2D eigenvalue weighted by Gasteiger charge is -2.06. The van der Waals surface area contributed by atoms with Crippen LogP contribution < -0.4 is 4.74 Å². The molecule has 2 aromatic carbocycles. The third kappa shape index (κ3) is 1.46. The van der Waals surface area contributed by atoms with Gasteiger partial charge in [-0.3, -0.25) is 4.99 Å². The Morgan fingerprint density at radius 2 is 1.88 bits per heavy atom. The third-order valence-electron chi connectivity index (χ3n) is 2.40. The van der Waals surface area contributed by atoms with Crippen molar-refractivity contribution in [2.24, 2.45) is 4.99 Å². The van der Waals surface area contributed by atoms with Crippen LogP contribution in [0, 0.1) is 5.82 Å². The molecule has 0 atom stereocenters. The molecule has 2 aromatic rings. The molecule has 0 saturated heterocycles. The Morgan fingerprint density at radius 1 is 1.00 bits per heavy atom. The maximum absolute atomic E-state index is 13.0. The van der Waals surface area contributed by atoms with E-state index in [4.69, 9.17) is 4.74 Å². The second-order valence-corrected chi connectivity index (χ2v) is 3.51. The molecule has 0 aromatic heterocycles. The lowest BCUT2D eigenvalue weighted by Crippen LogP contribution is -1.89. The highest BCUT2D eigenvalue weighted by Crippen LogP contribution is 2.35. The van der Waals surface area contributed by atoms with Gasteiger partial charge in [0.2, 0.25) is 0 Å². The molecule has 1 heterocycles. The summed E-state index contributed by atoms with van der Waals surface area (Å²) in [4.78, 5) is 4.25. The second kappa shape index (κ2) is 3.45. The molecule has 0 spiro atoms. The second-order valence-electron chi connectivity index (χ2n) is 3.51. The summed E-state index contributed by atoms with van der Waals surface area (Å²) in [5.74, 6) is 1.01. The first-order chi connectivity index (χ1) is 7.83. The summed E-state index contributed by atoms with van der Waals surface area (Å²) in [5.41, 5.74) is 1.40. The Hall–Kier alpha value is -2.16. The first-order valence-corrected chi connectivity index (χ1v) is 4.93. The molecule has 0 radical (unpaired) electrons. The molecule has 2 nitrogen and oxygen atoms in total. The van der Waals surface area contributed by atoms with Gasteiger partial charge in [-0.25, -0.2) is 4.39 Å². The molecule has 0 unspecified atom stereocenters. The van der Waals surface area contributed by atoms with Gasteiger partial charge in [0.05, 0.1) is 0 Å². The van der Waals surface area contributed by atoms with Gasteiger partial charge in [-0.15, -0.1) is 0 Å². The zero-order valence-corrected chi connectivity index (χ0v) is 8.35. The van der Waals surface area contributed by atoms with Crippen molar-refractivity contribution in [2.75, 3.05) is 0 Å². The average Bonchev–Trinajstić information content (AvgIpc) is 2.48. The van der Waals surface area contributed by atoms with Crippen molar-refractivity contribution in [3.63, 3.8) is 0 Å². The van der Waals surface area contributed by atoms with Gasteiger partial charge in [-0.2, -0.15) is 0 Å². The van der Waals surface area contributed by atoms with E-state index in [1.54, 1.807) is 12.3 Å². The van der Waals surface area contributed by atoms with Gasteiger partial charge in [-0.05, 0) is 30.3 Å². The van der Waals surface area contributed by atoms with E-state index < -0.39 is 0 Å². The molecular formula is C13H8FNO. The maximum Gasteiger partial charge on any atom is 0.153 e. The number of benzene rings is 2. The van der Waals surface area contributed by atoms with Gasteiger partial charge < -0.3 is 4.74 Å². The molecule has 0 saturated carbocycles. The first-order valence-electron chi connectivity index (χ1n) is 4.93. The van der Waals surface area contributed by atoms with E-state index >= 15 is 0 Å². The summed E-state index contributed by atoms with van der Waals surface area (Å²) in [6, 6.07) is 11.8. The van der Waals surface area contributed by atoms with Crippen molar-refractivity contribution in [3.05, 3.63) is 53.8 Å². The van der Waals surface area contributed by atoms with E-state index in [-0.39, 0.29) is 5.82 Å². The number of para-hydroxylation sites is 2. The SMILES string of the molecule is Fc1ccc2c(c1)C=Nc1ccccc1O2. The number of aliphatic imine (C=N–C) groups is 1. The minimum absolute atomic E-state index is 0.292. The number of hydrogen-bond donors (Lipinski definition) is 0. The van der Waals surface area contributed by atoms with E-state index in [1.807, 2.05) is 24.3 Å². The van der Waals surface area contributed by atoms with Crippen LogP contribution in [0.15, 0.2) is 47.5 Å². The monoisotopic (exact) mass is 213 g/mol. The topological polar surface area (TPSA) is 21.6 Å². The van der Waals surface area contributed by atoms with Crippen LogP contribution in [0.4, 0.5) is 10.1 Å². The lowest BCUT2D eigenvalue weighted by atomic mass is 10.2. The number of nitrogens with zero attached hydrogens (tertiary/aromatic N) is 1. The molecule has 3 heteroatoms. The predicted octanol–water partition coefficient (Wildman–Crippen LogP) is 3.68. The predicted molar refractivity (Wildman–Crippen MR) is 60.2 cm³/mol. The highest BCUT2D eigenvalue weighted by molar-refractivity contribution is 5.87. The smallest absolute Gasteiger partial charge is 0.153 e. The number of hydrogen-bond acceptors (Lipinski definition) is 2. The first kappa shape index (κ1) is 9.09. The lowest BCUT2D eigenvalue weighted by molar-refractivity contribution is 0.483.